The number of aliphatic hydroxyl groups is 1. The smallest absolute Gasteiger partial charge is 0.143 e. The van der Waals surface area contributed by atoms with Crippen molar-refractivity contribution in [1.29, 1.82) is 0 Å². The highest BCUT2D eigenvalue weighted by Crippen LogP contribution is 2.40. The van der Waals surface area contributed by atoms with Crippen LogP contribution in [0.1, 0.15) is 43.2 Å². The third kappa shape index (κ3) is 2.29. The predicted octanol–water partition coefficient (Wildman–Crippen LogP) is 2.99. The molecule has 0 saturated carbocycles. The Kier molecular flexibility index (Phi) is 3.44. The first-order valence-corrected chi connectivity index (χ1v) is 6.83. The van der Waals surface area contributed by atoms with Crippen LogP contribution in [0.15, 0.2) is 30.7 Å². The van der Waals surface area contributed by atoms with E-state index in [9.17, 15) is 9.50 Å². The van der Waals surface area contributed by atoms with E-state index in [-0.39, 0.29) is 11.9 Å². The van der Waals surface area contributed by atoms with Gasteiger partial charge in [0, 0.05) is 24.6 Å². The minimum Gasteiger partial charge on any atom is -0.484 e. The van der Waals surface area contributed by atoms with Crippen molar-refractivity contribution in [2.75, 3.05) is 0 Å². The Bertz CT molecular complexity index is 612. The molecule has 0 amide bonds. The van der Waals surface area contributed by atoms with Crippen molar-refractivity contribution in [3.8, 4) is 5.75 Å². The minimum absolute atomic E-state index is 0.298. The molecule has 1 N–H and O–H groups in total. The lowest BCUT2D eigenvalue weighted by molar-refractivity contribution is 0.0614. The van der Waals surface area contributed by atoms with E-state index in [0.29, 0.717) is 17.7 Å². The van der Waals surface area contributed by atoms with Gasteiger partial charge in [0.2, 0.25) is 0 Å². The lowest BCUT2D eigenvalue weighted by Crippen LogP contribution is -2.21. The predicted molar refractivity (Wildman–Crippen MR) is 71.9 cm³/mol. The zero-order valence-corrected chi connectivity index (χ0v) is 11.3. The highest BCUT2D eigenvalue weighted by Gasteiger charge is 2.30. The number of hydrogen-bond acceptors (Lipinski definition) is 3. The first kappa shape index (κ1) is 13.1. The van der Waals surface area contributed by atoms with Crippen LogP contribution in [0, 0.1) is 5.82 Å². The molecule has 4 nitrogen and oxygen atoms in total. The number of rotatable bonds is 3. The van der Waals surface area contributed by atoms with Gasteiger partial charge in [-0.1, -0.05) is 6.92 Å². The average molecular weight is 276 g/mol. The Morgan fingerprint density at radius 1 is 1.50 bits per heavy atom. The van der Waals surface area contributed by atoms with Crippen molar-refractivity contribution in [2.24, 2.45) is 0 Å². The average Bonchev–Trinajstić information content (AvgIpc) is 2.86. The van der Waals surface area contributed by atoms with Crippen LogP contribution >= 0.6 is 0 Å². The molecule has 0 radical (unpaired) electrons. The molecule has 0 spiro atoms. The molecule has 2 atom stereocenters. The van der Waals surface area contributed by atoms with Crippen LogP contribution in [0.4, 0.5) is 4.39 Å². The molecule has 1 aliphatic heterocycles. The largest absolute Gasteiger partial charge is 0.484 e. The Morgan fingerprint density at radius 3 is 3.15 bits per heavy atom. The summed E-state index contributed by atoms with van der Waals surface area (Å²) in [5.74, 6) is 0.0525. The number of fused-ring (bicyclic) bond motifs is 1. The molecule has 0 aliphatic carbocycles. The molecule has 106 valence electrons. The lowest BCUT2D eigenvalue weighted by atomic mass is 9.97. The zero-order chi connectivity index (χ0) is 14.1. The lowest BCUT2D eigenvalue weighted by Gasteiger charge is -2.30. The van der Waals surface area contributed by atoms with Gasteiger partial charge >= 0.3 is 0 Å². The van der Waals surface area contributed by atoms with Crippen LogP contribution in [0.2, 0.25) is 0 Å². The molecule has 20 heavy (non-hydrogen) atoms. The number of imidazole rings is 1. The molecule has 0 fully saturated rings. The molecule has 3 rings (SSSR count). The first-order valence-electron chi connectivity index (χ1n) is 6.83. The van der Waals surface area contributed by atoms with E-state index in [1.165, 1.54) is 12.1 Å². The van der Waals surface area contributed by atoms with Gasteiger partial charge in [-0.2, -0.15) is 0 Å². The number of hydrogen-bond donors (Lipinski definition) is 1. The van der Waals surface area contributed by atoms with Crippen LogP contribution < -0.4 is 4.74 Å². The fraction of sp³-hybridized carbons (Fsp3) is 0.400. The Balaban J connectivity index is 1.92. The van der Waals surface area contributed by atoms with E-state index in [1.54, 1.807) is 18.6 Å². The van der Waals surface area contributed by atoms with E-state index < -0.39 is 6.10 Å². The second-order valence-corrected chi connectivity index (χ2v) is 5.05. The summed E-state index contributed by atoms with van der Waals surface area (Å²) < 4.78 is 21.2. The maximum absolute atomic E-state index is 13.3. The third-order valence-electron chi connectivity index (χ3n) is 3.58. The number of aryl methyl sites for hydroxylation is 1. The summed E-state index contributed by atoms with van der Waals surface area (Å²) in [6.45, 7) is 2.94. The number of nitrogens with zero attached hydrogens (tertiary/aromatic N) is 2. The van der Waals surface area contributed by atoms with Crippen LogP contribution in [-0.2, 0) is 6.54 Å². The molecule has 0 bridgehead atoms. The third-order valence-corrected chi connectivity index (χ3v) is 3.58. The van der Waals surface area contributed by atoms with E-state index >= 15 is 0 Å². The highest BCUT2D eigenvalue weighted by molar-refractivity contribution is 5.38. The fourth-order valence-corrected chi connectivity index (χ4v) is 2.62. The van der Waals surface area contributed by atoms with E-state index in [1.807, 2.05) is 4.57 Å². The summed E-state index contributed by atoms with van der Waals surface area (Å²) in [5, 5.41) is 10.2. The first-order chi connectivity index (χ1) is 9.69. The van der Waals surface area contributed by atoms with Gasteiger partial charge in [-0.05, 0) is 18.6 Å². The molecule has 1 unspecified atom stereocenters. The van der Waals surface area contributed by atoms with Gasteiger partial charge in [0.05, 0.1) is 24.3 Å². The van der Waals surface area contributed by atoms with Gasteiger partial charge in [0.15, 0.2) is 0 Å². The molecule has 2 heterocycles. The number of ether oxygens (including phenoxy) is 1. The standard InChI is InChI=1S/C15H17FN2O2/c1-2-5-18-9-17-8-12(18)15-7-13(19)11-4-3-10(16)6-14(11)20-15/h3-4,6,8-9,13,15,19H,2,5,7H2,1H3/t13-,15?/m1/s1. The SMILES string of the molecule is CCCn1cncc1C1C[C@@H](O)c2ccc(F)cc2O1. The van der Waals surface area contributed by atoms with E-state index in [0.717, 1.165) is 18.7 Å². The summed E-state index contributed by atoms with van der Waals surface area (Å²) in [6, 6.07) is 4.24. The van der Waals surface area contributed by atoms with Gasteiger partial charge in [0.25, 0.3) is 0 Å². The molecule has 2 aromatic rings. The van der Waals surface area contributed by atoms with Crippen molar-refractivity contribution in [2.45, 2.75) is 38.5 Å². The van der Waals surface area contributed by atoms with Crippen LogP contribution in [-0.4, -0.2) is 14.7 Å². The summed E-state index contributed by atoms with van der Waals surface area (Å²) in [6.07, 6.45) is 4.01. The Morgan fingerprint density at radius 2 is 2.35 bits per heavy atom. The summed E-state index contributed by atoms with van der Waals surface area (Å²) in [4.78, 5) is 4.14. The number of aliphatic hydroxyl groups excluding tert-OH is 1. The van der Waals surface area contributed by atoms with Gasteiger partial charge in [-0.25, -0.2) is 9.37 Å². The van der Waals surface area contributed by atoms with Crippen LogP contribution in [0.5, 0.6) is 5.75 Å². The van der Waals surface area contributed by atoms with Crippen molar-refractivity contribution in [3.05, 3.63) is 47.8 Å². The molecule has 1 aromatic carbocycles. The second-order valence-electron chi connectivity index (χ2n) is 5.05. The van der Waals surface area contributed by atoms with Crippen molar-refractivity contribution in [1.82, 2.24) is 9.55 Å². The fourth-order valence-electron chi connectivity index (χ4n) is 2.62. The Labute approximate surface area is 116 Å². The van der Waals surface area contributed by atoms with Crippen LogP contribution in [0.3, 0.4) is 0 Å². The number of aromatic nitrogens is 2. The number of halogens is 1. The van der Waals surface area contributed by atoms with Crippen molar-refractivity contribution < 1.29 is 14.2 Å². The molecular weight excluding hydrogens is 259 g/mol. The monoisotopic (exact) mass is 276 g/mol. The van der Waals surface area contributed by atoms with Gasteiger partial charge in [-0.3, -0.25) is 0 Å². The van der Waals surface area contributed by atoms with Gasteiger partial charge in [0.1, 0.15) is 17.7 Å². The molecule has 1 aliphatic rings. The maximum atomic E-state index is 13.3. The molecule has 5 heteroatoms. The van der Waals surface area contributed by atoms with E-state index in [4.69, 9.17) is 4.74 Å². The van der Waals surface area contributed by atoms with E-state index in [2.05, 4.69) is 11.9 Å². The summed E-state index contributed by atoms with van der Waals surface area (Å²) in [5.41, 5.74) is 1.56. The molecular formula is C15H17FN2O2. The summed E-state index contributed by atoms with van der Waals surface area (Å²) in [7, 11) is 0. The van der Waals surface area contributed by atoms with Crippen LogP contribution in [0.25, 0.3) is 0 Å². The zero-order valence-electron chi connectivity index (χ0n) is 11.3. The molecule has 0 saturated heterocycles. The van der Waals surface area contributed by atoms with Gasteiger partial charge < -0.3 is 14.4 Å². The van der Waals surface area contributed by atoms with Gasteiger partial charge in [-0.15, -0.1) is 0 Å². The Hall–Kier alpha value is -1.88. The molecule has 1 aromatic heterocycles. The quantitative estimate of drug-likeness (QED) is 0.937. The second kappa shape index (κ2) is 5.25. The van der Waals surface area contributed by atoms with Crippen molar-refractivity contribution >= 4 is 0 Å². The minimum atomic E-state index is -0.644. The van der Waals surface area contributed by atoms with Crippen molar-refractivity contribution in [3.63, 3.8) is 0 Å². The normalized spacial score (nSPS) is 21.4. The number of benzene rings is 1. The highest BCUT2D eigenvalue weighted by atomic mass is 19.1. The topological polar surface area (TPSA) is 47.3 Å². The summed E-state index contributed by atoms with van der Waals surface area (Å²) >= 11 is 0. The maximum Gasteiger partial charge on any atom is 0.143 e.